The standard InChI is InChI=1S/C23H20O10/c1-9(24)33-8-13(25)23(31)7-6-11-15(22(23)30)21(29)17-16(19(11)27)18(26)10-4-3-5-12(32-2)14(10)20(17)28/h3-5,22,27,29-31H,6-8H2,1-2H3/t22-,23-/m0/s1. The number of phenolic OH excluding ortho intramolecular Hbond substituents is 2. The van der Waals surface area contributed by atoms with Crippen LogP contribution in [0.5, 0.6) is 17.2 Å². The van der Waals surface area contributed by atoms with Gasteiger partial charge in [-0.1, -0.05) is 12.1 Å². The Kier molecular flexibility index (Phi) is 5.22. The van der Waals surface area contributed by atoms with E-state index in [0.717, 1.165) is 6.92 Å². The van der Waals surface area contributed by atoms with Crippen molar-refractivity contribution in [2.45, 2.75) is 31.5 Å². The second kappa shape index (κ2) is 7.68. The van der Waals surface area contributed by atoms with Crippen molar-refractivity contribution >= 4 is 23.3 Å². The van der Waals surface area contributed by atoms with Crippen molar-refractivity contribution in [2.24, 2.45) is 0 Å². The van der Waals surface area contributed by atoms with Gasteiger partial charge in [-0.2, -0.15) is 0 Å². The Morgan fingerprint density at radius 3 is 2.39 bits per heavy atom. The van der Waals surface area contributed by atoms with E-state index in [0.29, 0.717) is 0 Å². The summed E-state index contributed by atoms with van der Waals surface area (Å²) in [5.41, 5.74) is -4.13. The number of carbonyl (C=O) groups excluding carboxylic acids is 4. The number of aromatic hydroxyl groups is 2. The summed E-state index contributed by atoms with van der Waals surface area (Å²) in [6.07, 6.45) is -2.67. The number of aliphatic hydroxyl groups excluding tert-OH is 1. The molecular weight excluding hydrogens is 436 g/mol. The molecule has 10 nitrogen and oxygen atoms in total. The molecule has 4 rings (SSSR count). The Balaban J connectivity index is 1.90. The van der Waals surface area contributed by atoms with Crippen LogP contribution in [0.25, 0.3) is 0 Å². The molecule has 0 unspecified atom stereocenters. The van der Waals surface area contributed by atoms with Gasteiger partial charge >= 0.3 is 5.97 Å². The van der Waals surface area contributed by atoms with Crippen molar-refractivity contribution < 1.29 is 49.1 Å². The van der Waals surface area contributed by atoms with Crippen LogP contribution in [0.4, 0.5) is 0 Å². The SMILES string of the molecule is COc1cccc2c1C(=O)c1c(O)c3c(c(O)c1C2=O)CC[C@](O)(C(=O)COC(C)=O)[C@H]3O. The molecule has 2 atom stereocenters. The first kappa shape index (κ1) is 22.4. The molecule has 4 N–H and O–H groups in total. The molecule has 0 aromatic heterocycles. The number of esters is 1. The van der Waals surface area contributed by atoms with Gasteiger partial charge in [0.15, 0.2) is 18.0 Å². The largest absolute Gasteiger partial charge is 0.507 e. The number of Topliss-reactive ketones (excluding diaryl/α,β-unsaturated/α-hetero) is 1. The maximum absolute atomic E-state index is 13.3. The van der Waals surface area contributed by atoms with Gasteiger partial charge in [-0.25, -0.2) is 0 Å². The molecule has 0 aliphatic heterocycles. The maximum Gasteiger partial charge on any atom is 0.303 e. The minimum Gasteiger partial charge on any atom is -0.507 e. The second-order valence-corrected chi connectivity index (χ2v) is 7.91. The molecule has 172 valence electrons. The molecule has 2 aromatic rings. The number of ether oxygens (including phenoxy) is 2. The van der Waals surface area contributed by atoms with Crippen LogP contribution in [-0.2, 0) is 20.7 Å². The predicted octanol–water partition coefficient (Wildman–Crippen LogP) is 0.725. The number of hydrogen-bond donors (Lipinski definition) is 4. The van der Waals surface area contributed by atoms with E-state index in [2.05, 4.69) is 4.74 Å². The van der Waals surface area contributed by atoms with Gasteiger partial charge in [-0.3, -0.25) is 19.2 Å². The van der Waals surface area contributed by atoms with Crippen LogP contribution in [0.1, 0.15) is 62.4 Å². The van der Waals surface area contributed by atoms with E-state index in [9.17, 15) is 39.6 Å². The fourth-order valence-corrected chi connectivity index (χ4v) is 4.44. The lowest BCUT2D eigenvalue weighted by molar-refractivity contribution is -0.163. The molecule has 2 aliphatic carbocycles. The zero-order chi connectivity index (χ0) is 24.2. The zero-order valence-electron chi connectivity index (χ0n) is 17.7. The van der Waals surface area contributed by atoms with Crippen LogP contribution in [0.2, 0.25) is 0 Å². The highest BCUT2D eigenvalue weighted by atomic mass is 16.5. The highest BCUT2D eigenvalue weighted by Gasteiger charge is 2.51. The monoisotopic (exact) mass is 456 g/mol. The number of ketones is 3. The van der Waals surface area contributed by atoms with Crippen LogP contribution in [0.3, 0.4) is 0 Å². The van der Waals surface area contributed by atoms with Crippen molar-refractivity contribution in [3.05, 3.63) is 51.6 Å². The lowest BCUT2D eigenvalue weighted by Crippen LogP contribution is -2.49. The zero-order valence-corrected chi connectivity index (χ0v) is 17.7. The molecule has 10 heteroatoms. The van der Waals surface area contributed by atoms with Gasteiger partial charge in [-0.05, 0) is 18.9 Å². The fourth-order valence-electron chi connectivity index (χ4n) is 4.44. The van der Waals surface area contributed by atoms with Crippen molar-refractivity contribution in [3.8, 4) is 17.2 Å². The number of hydrogen-bond acceptors (Lipinski definition) is 10. The van der Waals surface area contributed by atoms with Crippen LogP contribution < -0.4 is 4.74 Å². The van der Waals surface area contributed by atoms with Crippen molar-refractivity contribution in [2.75, 3.05) is 13.7 Å². The van der Waals surface area contributed by atoms with Crippen molar-refractivity contribution in [3.63, 3.8) is 0 Å². The van der Waals surface area contributed by atoms with Crippen LogP contribution >= 0.6 is 0 Å². The molecule has 0 fully saturated rings. The summed E-state index contributed by atoms with van der Waals surface area (Å²) in [6, 6.07) is 4.34. The van der Waals surface area contributed by atoms with E-state index in [-0.39, 0.29) is 35.3 Å². The van der Waals surface area contributed by atoms with Crippen LogP contribution in [0.15, 0.2) is 18.2 Å². The number of phenols is 2. The third-order valence-corrected chi connectivity index (χ3v) is 6.13. The van der Waals surface area contributed by atoms with Crippen molar-refractivity contribution in [1.29, 1.82) is 0 Å². The summed E-state index contributed by atoms with van der Waals surface area (Å²) in [6.45, 7) is 0.243. The second-order valence-electron chi connectivity index (χ2n) is 7.91. The summed E-state index contributed by atoms with van der Waals surface area (Å²) in [4.78, 5) is 50.0. The van der Waals surface area contributed by atoms with E-state index in [1.807, 2.05) is 0 Å². The number of rotatable bonds is 4. The molecular formula is C23H20O10. The molecule has 2 aromatic carbocycles. The highest BCUT2D eigenvalue weighted by molar-refractivity contribution is 6.31. The molecule has 0 bridgehead atoms. The fraction of sp³-hybridized carbons (Fsp3) is 0.304. The number of aliphatic hydroxyl groups is 2. The van der Waals surface area contributed by atoms with Gasteiger partial charge in [0.25, 0.3) is 0 Å². The topological polar surface area (TPSA) is 168 Å². The normalized spacial score (nSPS) is 21.0. The molecule has 0 amide bonds. The maximum atomic E-state index is 13.3. The lowest BCUT2D eigenvalue weighted by Gasteiger charge is -2.38. The van der Waals surface area contributed by atoms with E-state index >= 15 is 0 Å². The molecule has 0 spiro atoms. The summed E-state index contributed by atoms with van der Waals surface area (Å²) < 4.78 is 9.78. The molecule has 0 saturated carbocycles. The first-order valence-corrected chi connectivity index (χ1v) is 9.98. The Morgan fingerprint density at radius 1 is 1.09 bits per heavy atom. The van der Waals surface area contributed by atoms with E-state index in [1.165, 1.54) is 25.3 Å². The van der Waals surface area contributed by atoms with Gasteiger partial charge in [0.2, 0.25) is 11.6 Å². The van der Waals surface area contributed by atoms with E-state index in [4.69, 9.17) is 4.74 Å². The molecule has 33 heavy (non-hydrogen) atoms. The number of benzene rings is 2. The average molecular weight is 456 g/mol. The van der Waals surface area contributed by atoms with Crippen LogP contribution in [0, 0.1) is 0 Å². The van der Waals surface area contributed by atoms with Crippen LogP contribution in [-0.4, -0.2) is 63.1 Å². The Morgan fingerprint density at radius 2 is 1.76 bits per heavy atom. The number of carbonyl (C=O) groups is 4. The smallest absolute Gasteiger partial charge is 0.303 e. The third-order valence-electron chi connectivity index (χ3n) is 6.13. The summed E-state index contributed by atoms with van der Waals surface area (Å²) in [5.74, 6) is -4.75. The van der Waals surface area contributed by atoms with Gasteiger partial charge in [0, 0.05) is 23.6 Å². The molecule has 0 radical (unpaired) electrons. The first-order valence-electron chi connectivity index (χ1n) is 9.98. The first-order chi connectivity index (χ1) is 15.5. The van der Waals surface area contributed by atoms with Crippen molar-refractivity contribution in [1.82, 2.24) is 0 Å². The average Bonchev–Trinajstić information content (AvgIpc) is 2.79. The molecule has 0 heterocycles. The molecule has 0 saturated heterocycles. The Hall–Kier alpha value is -3.76. The van der Waals surface area contributed by atoms with E-state index in [1.54, 1.807) is 0 Å². The summed E-state index contributed by atoms with van der Waals surface area (Å²) >= 11 is 0. The number of fused-ring (bicyclic) bond motifs is 3. The molecule has 2 aliphatic rings. The van der Waals surface area contributed by atoms with Gasteiger partial charge in [-0.15, -0.1) is 0 Å². The summed E-state index contributed by atoms with van der Waals surface area (Å²) in [7, 11) is 1.30. The predicted molar refractivity (Wildman–Crippen MR) is 110 cm³/mol. The summed E-state index contributed by atoms with van der Waals surface area (Å²) in [5, 5.41) is 43.6. The lowest BCUT2D eigenvalue weighted by atomic mass is 9.71. The van der Waals surface area contributed by atoms with Gasteiger partial charge < -0.3 is 29.9 Å². The van der Waals surface area contributed by atoms with Gasteiger partial charge in [0.05, 0.1) is 23.8 Å². The number of methoxy groups -OCH3 is 1. The Labute approximate surface area is 187 Å². The third kappa shape index (κ3) is 3.10. The Bertz CT molecular complexity index is 1240. The van der Waals surface area contributed by atoms with E-state index < -0.39 is 69.8 Å². The van der Waals surface area contributed by atoms with Gasteiger partial charge in [0.1, 0.15) is 23.4 Å². The quantitative estimate of drug-likeness (QED) is 0.324. The minimum atomic E-state index is -2.46. The highest BCUT2D eigenvalue weighted by Crippen LogP contribution is 2.51. The minimum absolute atomic E-state index is 0.0223.